The van der Waals surface area contributed by atoms with Crippen LogP contribution in [-0.4, -0.2) is 10.7 Å². The van der Waals surface area contributed by atoms with Crippen molar-refractivity contribution >= 4 is 21.6 Å². The van der Waals surface area contributed by atoms with E-state index in [0.717, 1.165) is 33.5 Å². The van der Waals surface area contributed by atoms with Gasteiger partial charge in [0.2, 0.25) is 6.23 Å². The summed E-state index contributed by atoms with van der Waals surface area (Å²) >= 11 is 3.56. The Balaban J connectivity index is 1.62. The maximum atomic E-state index is 14.6. The Morgan fingerprint density at radius 3 is 2.61 bits per heavy atom. The molecule has 5 heteroatoms. The van der Waals surface area contributed by atoms with Crippen LogP contribution < -0.4 is 4.74 Å². The van der Waals surface area contributed by atoms with Gasteiger partial charge >= 0.3 is 0 Å². The quantitative estimate of drug-likeness (QED) is 0.481. The lowest BCUT2D eigenvalue weighted by Crippen LogP contribution is -2.34. The minimum Gasteiger partial charge on any atom is -0.464 e. The highest BCUT2D eigenvalue weighted by Crippen LogP contribution is 2.48. The number of fused-ring (bicyclic) bond motifs is 3. The molecule has 0 spiro atoms. The number of ether oxygens (including phenoxy) is 1. The van der Waals surface area contributed by atoms with Crippen molar-refractivity contribution in [1.82, 2.24) is 5.01 Å². The maximum Gasteiger partial charge on any atom is 0.216 e. The molecule has 0 aliphatic carbocycles. The SMILES string of the molecule is Cc1ccc(C2=NN3[C@@H](C2)c2cc(Br)ccc2O[C@H]3c2ccccc2F)cc1. The van der Waals surface area contributed by atoms with E-state index in [9.17, 15) is 4.39 Å². The molecule has 2 aliphatic rings. The van der Waals surface area contributed by atoms with Crippen molar-refractivity contribution in [1.29, 1.82) is 0 Å². The van der Waals surface area contributed by atoms with Gasteiger partial charge in [0.1, 0.15) is 11.6 Å². The second-order valence-corrected chi connectivity index (χ2v) is 8.10. The number of hydrogen-bond donors (Lipinski definition) is 0. The van der Waals surface area contributed by atoms with Crippen molar-refractivity contribution in [3.05, 3.63) is 99.3 Å². The van der Waals surface area contributed by atoms with Gasteiger partial charge in [-0.25, -0.2) is 9.40 Å². The number of hydrogen-bond acceptors (Lipinski definition) is 3. The fraction of sp³-hybridized carbons (Fsp3) is 0.174. The van der Waals surface area contributed by atoms with E-state index in [4.69, 9.17) is 9.84 Å². The monoisotopic (exact) mass is 436 g/mol. The molecule has 0 saturated heterocycles. The third-order valence-electron chi connectivity index (χ3n) is 5.31. The summed E-state index contributed by atoms with van der Waals surface area (Å²) in [6, 6.07) is 21.1. The number of hydrazone groups is 1. The van der Waals surface area contributed by atoms with Crippen molar-refractivity contribution in [3.63, 3.8) is 0 Å². The predicted molar refractivity (Wildman–Crippen MR) is 111 cm³/mol. The minimum atomic E-state index is -0.595. The first kappa shape index (κ1) is 17.4. The van der Waals surface area contributed by atoms with Crippen LogP contribution in [0.3, 0.4) is 0 Å². The van der Waals surface area contributed by atoms with Crippen LogP contribution in [0.1, 0.15) is 40.9 Å². The maximum absolute atomic E-state index is 14.6. The summed E-state index contributed by atoms with van der Waals surface area (Å²) < 4.78 is 21.8. The zero-order chi connectivity index (χ0) is 19.3. The number of rotatable bonds is 2. The molecule has 3 aromatic carbocycles. The summed E-state index contributed by atoms with van der Waals surface area (Å²) in [4.78, 5) is 0. The van der Waals surface area contributed by atoms with E-state index in [0.29, 0.717) is 5.56 Å². The molecular weight excluding hydrogens is 419 g/mol. The number of halogens is 2. The average Bonchev–Trinajstić information content (AvgIpc) is 3.14. The fourth-order valence-corrected chi connectivity index (χ4v) is 4.24. The smallest absolute Gasteiger partial charge is 0.216 e. The molecule has 2 heterocycles. The van der Waals surface area contributed by atoms with Crippen LogP contribution in [0, 0.1) is 12.7 Å². The average molecular weight is 437 g/mol. The van der Waals surface area contributed by atoms with Crippen molar-refractivity contribution in [3.8, 4) is 5.75 Å². The normalized spacial score (nSPS) is 20.2. The molecule has 0 radical (unpaired) electrons. The van der Waals surface area contributed by atoms with Gasteiger partial charge in [0.05, 0.1) is 17.3 Å². The number of aryl methyl sites for hydroxylation is 1. The van der Waals surface area contributed by atoms with Gasteiger partial charge in [-0.05, 0) is 36.8 Å². The lowest BCUT2D eigenvalue weighted by molar-refractivity contribution is -0.0212. The Kier molecular flexibility index (Phi) is 4.20. The zero-order valence-electron chi connectivity index (χ0n) is 15.3. The molecule has 2 atom stereocenters. The second-order valence-electron chi connectivity index (χ2n) is 7.19. The largest absolute Gasteiger partial charge is 0.464 e. The highest BCUT2D eigenvalue weighted by Gasteiger charge is 2.41. The van der Waals surface area contributed by atoms with Crippen molar-refractivity contribution in [2.24, 2.45) is 5.10 Å². The van der Waals surface area contributed by atoms with Crippen LogP contribution in [-0.2, 0) is 0 Å². The summed E-state index contributed by atoms with van der Waals surface area (Å²) in [5.41, 5.74) is 4.84. The molecule has 0 aromatic heterocycles. The summed E-state index contributed by atoms with van der Waals surface area (Å²) in [5.74, 6) is 0.490. The molecule has 2 aliphatic heterocycles. The van der Waals surface area contributed by atoms with Crippen LogP contribution >= 0.6 is 15.9 Å². The summed E-state index contributed by atoms with van der Waals surface area (Å²) in [7, 11) is 0. The topological polar surface area (TPSA) is 24.8 Å². The molecule has 28 heavy (non-hydrogen) atoms. The van der Waals surface area contributed by atoms with E-state index in [1.165, 1.54) is 11.6 Å². The van der Waals surface area contributed by atoms with E-state index in [1.807, 2.05) is 23.2 Å². The lowest BCUT2D eigenvalue weighted by atomic mass is 9.95. The van der Waals surface area contributed by atoms with Crippen LogP contribution in [0.2, 0.25) is 0 Å². The van der Waals surface area contributed by atoms with Crippen molar-refractivity contribution in [2.45, 2.75) is 25.6 Å². The first-order valence-electron chi connectivity index (χ1n) is 9.23. The third kappa shape index (κ3) is 2.90. The summed E-state index contributed by atoms with van der Waals surface area (Å²) in [6.45, 7) is 2.07. The number of benzene rings is 3. The van der Waals surface area contributed by atoms with Crippen LogP contribution in [0.4, 0.5) is 4.39 Å². The molecule has 0 unspecified atom stereocenters. The van der Waals surface area contributed by atoms with Crippen LogP contribution in [0.15, 0.2) is 76.3 Å². The highest BCUT2D eigenvalue weighted by atomic mass is 79.9. The molecule has 0 fully saturated rings. The van der Waals surface area contributed by atoms with Gasteiger partial charge in [-0.1, -0.05) is 64.0 Å². The van der Waals surface area contributed by atoms with E-state index in [2.05, 4.69) is 53.2 Å². The summed E-state index contributed by atoms with van der Waals surface area (Å²) in [6.07, 6.45) is 0.156. The molecule has 0 amide bonds. The molecule has 140 valence electrons. The van der Waals surface area contributed by atoms with E-state index in [1.54, 1.807) is 12.1 Å². The molecule has 0 saturated carbocycles. The van der Waals surface area contributed by atoms with Crippen molar-refractivity contribution < 1.29 is 9.13 Å². The molecule has 3 nitrogen and oxygen atoms in total. The third-order valence-corrected chi connectivity index (χ3v) is 5.80. The fourth-order valence-electron chi connectivity index (χ4n) is 3.86. The molecule has 0 N–H and O–H groups in total. The molecular formula is C23H18BrFN2O. The standard InChI is InChI=1S/C23H18BrFN2O/c1-14-6-8-15(9-7-14)20-13-21-18-12-16(24)10-11-22(18)28-23(27(21)26-20)17-4-2-3-5-19(17)25/h2-12,21,23H,13H2,1H3/t21-,23-/m0/s1. The van der Waals surface area contributed by atoms with Crippen LogP contribution in [0.5, 0.6) is 5.75 Å². The summed E-state index contributed by atoms with van der Waals surface area (Å²) in [5, 5.41) is 6.79. The van der Waals surface area contributed by atoms with E-state index >= 15 is 0 Å². The minimum absolute atomic E-state index is 0.00200. The van der Waals surface area contributed by atoms with E-state index < -0.39 is 6.23 Å². The first-order chi connectivity index (χ1) is 13.6. The zero-order valence-corrected chi connectivity index (χ0v) is 16.9. The molecule has 3 aromatic rings. The second kappa shape index (κ2) is 6.74. The van der Waals surface area contributed by atoms with Gasteiger partial charge in [0.25, 0.3) is 0 Å². The first-order valence-corrected chi connectivity index (χ1v) is 10.0. The Morgan fingerprint density at radius 1 is 1.04 bits per heavy atom. The Morgan fingerprint density at radius 2 is 1.82 bits per heavy atom. The number of nitrogens with zero attached hydrogens (tertiary/aromatic N) is 2. The lowest BCUT2D eigenvalue weighted by Gasteiger charge is -2.38. The Bertz CT molecular complexity index is 1080. The molecule has 0 bridgehead atoms. The van der Waals surface area contributed by atoms with Gasteiger partial charge in [-0.3, -0.25) is 0 Å². The van der Waals surface area contributed by atoms with Gasteiger partial charge in [0, 0.05) is 16.5 Å². The Hall–Kier alpha value is -2.66. The van der Waals surface area contributed by atoms with Gasteiger partial charge in [-0.2, -0.15) is 5.10 Å². The van der Waals surface area contributed by atoms with E-state index in [-0.39, 0.29) is 11.9 Å². The highest BCUT2D eigenvalue weighted by molar-refractivity contribution is 9.10. The molecule has 5 rings (SSSR count). The Labute approximate surface area is 171 Å². The van der Waals surface area contributed by atoms with Gasteiger partial charge in [-0.15, -0.1) is 0 Å². The van der Waals surface area contributed by atoms with Crippen molar-refractivity contribution in [2.75, 3.05) is 0 Å². The predicted octanol–water partition coefficient (Wildman–Crippen LogP) is 6.14. The van der Waals surface area contributed by atoms with Gasteiger partial charge in [0.15, 0.2) is 0 Å². The van der Waals surface area contributed by atoms with Crippen LogP contribution in [0.25, 0.3) is 0 Å². The van der Waals surface area contributed by atoms with Gasteiger partial charge < -0.3 is 4.74 Å².